The minimum absolute atomic E-state index is 0.0954. The summed E-state index contributed by atoms with van der Waals surface area (Å²) in [5.74, 6) is 0. The number of aliphatic hydroxyl groups excluding tert-OH is 1. The molecular weight excluding hydrogens is 266 g/mol. The van der Waals surface area contributed by atoms with E-state index in [1.165, 1.54) is 19.3 Å². The van der Waals surface area contributed by atoms with Crippen molar-refractivity contribution in [2.45, 2.75) is 69.5 Å². The minimum Gasteiger partial charge on any atom is -0.396 e. The Kier molecular flexibility index (Phi) is 5.01. The first-order chi connectivity index (χ1) is 10.3. The fraction of sp³-hybridized carbons (Fsp3) is 0.938. The average Bonchev–Trinajstić information content (AvgIpc) is 3.34. The number of nitrogens with one attached hydrogen (secondary N) is 1. The molecule has 2 N–H and O–H groups in total. The Morgan fingerprint density at radius 3 is 2.48 bits per heavy atom. The van der Waals surface area contributed by atoms with E-state index in [1.807, 2.05) is 4.90 Å². The molecule has 0 bridgehead atoms. The lowest BCUT2D eigenvalue weighted by Gasteiger charge is -2.38. The van der Waals surface area contributed by atoms with E-state index in [4.69, 9.17) is 5.11 Å². The zero-order chi connectivity index (χ0) is 14.7. The molecule has 2 heterocycles. The maximum Gasteiger partial charge on any atom is 0.317 e. The van der Waals surface area contributed by atoms with Gasteiger partial charge in [-0.05, 0) is 51.4 Å². The number of piperidine rings is 2. The normalized spacial score (nSPS) is 28.6. The van der Waals surface area contributed by atoms with Crippen LogP contribution in [-0.4, -0.2) is 65.3 Å². The molecule has 1 aliphatic carbocycles. The molecule has 2 amide bonds. The Hall–Kier alpha value is -0.810. The lowest BCUT2D eigenvalue weighted by molar-refractivity contribution is 0.123. The molecule has 3 aliphatic rings. The minimum atomic E-state index is 0.0954. The van der Waals surface area contributed by atoms with Crippen LogP contribution in [0.15, 0.2) is 0 Å². The molecule has 1 saturated carbocycles. The number of nitrogens with zero attached hydrogens (tertiary/aromatic N) is 2. The highest BCUT2D eigenvalue weighted by molar-refractivity contribution is 5.75. The number of aliphatic hydroxyl groups is 1. The smallest absolute Gasteiger partial charge is 0.317 e. The second kappa shape index (κ2) is 6.97. The van der Waals surface area contributed by atoms with Crippen LogP contribution in [0.3, 0.4) is 0 Å². The first-order valence-electron chi connectivity index (χ1n) is 8.70. The first-order valence-corrected chi connectivity index (χ1v) is 8.70. The molecule has 1 unspecified atom stereocenters. The van der Waals surface area contributed by atoms with E-state index in [-0.39, 0.29) is 18.7 Å². The van der Waals surface area contributed by atoms with Gasteiger partial charge in [0.1, 0.15) is 0 Å². The van der Waals surface area contributed by atoms with E-state index in [1.54, 1.807) is 0 Å². The molecule has 3 rings (SSSR count). The van der Waals surface area contributed by atoms with Gasteiger partial charge in [0, 0.05) is 44.4 Å². The number of hydrogen-bond donors (Lipinski definition) is 2. The van der Waals surface area contributed by atoms with Gasteiger partial charge in [-0.1, -0.05) is 0 Å². The van der Waals surface area contributed by atoms with Crippen molar-refractivity contribution in [3.8, 4) is 0 Å². The summed E-state index contributed by atoms with van der Waals surface area (Å²) in [7, 11) is 0. The summed E-state index contributed by atoms with van der Waals surface area (Å²) in [4.78, 5) is 17.0. The van der Waals surface area contributed by atoms with Gasteiger partial charge in [0.2, 0.25) is 0 Å². The Morgan fingerprint density at radius 1 is 1.05 bits per heavy atom. The molecule has 2 aliphatic heterocycles. The van der Waals surface area contributed by atoms with Crippen molar-refractivity contribution in [3.05, 3.63) is 0 Å². The highest BCUT2D eigenvalue weighted by atomic mass is 16.3. The fourth-order valence-electron chi connectivity index (χ4n) is 3.82. The molecule has 1 atom stereocenters. The summed E-state index contributed by atoms with van der Waals surface area (Å²) in [5, 5.41) is 12.4. The van der Waals surface area contributed by atoms with Crippen LogP contribution in [0.1, 0.15) is 51.4 Å². The molecule has 21 heavy (non-hydrogen) atoms. The Morgan fingerprint density at radius 2 is 1.81 bits per heavy atom. The van der Waals surface area contributed by atoms with Crippen LogP contribution in [-0.2, 0) is 0 Å². The fourth-order valence-corrected chi connectivity index (χ4v) is 3.82. The number of carbonyl (C=O) groups is 1. The second-order valence-electron chi connectivity index (χ2n) is 6.85. The van der Waals surface area contributed by atoms with Gasteiger partial charge in [0.15, 0.2) is 0 Å². The topological polar surface area (TPSA) is 55.8 Å². The van der Waals surface area contributed by atoms with Crippen LogP contribution >= 0.6 is 0 Å². The third-order valence-electron chi connectivity index (χ3n) is 5.27. The second-order valence-corrected chi connectivity index (χ2v) is 6.85. The predicted octanol–water partition coefficient (Wildman–Crippen LogP) is 1.56. The molecule has 0 aromatic rings. The summed E-state index contributed by atoms with van der Waals surface area (Å²) >= 11 is 0. The molecule has 2 saturated heterocycles. The number of rotatable bonds is 4. The standard InChI is InChI=1S/C16H29N3O2/c20-12-8-15-3-1-2-9-19(15)16(21)17-13-6-10-18(11-7-13)14-4-5-14/h13-15,20H,1-12H2,(H,17,21). The third kappa shape index (κ3) is 3.89. The summed E-state index contributed by atoms with van der Waals surface area (Å²) in [6, 6.07) is 1.51. The van der Waals surface area contributed by atoms with Crippen LogP contribution < -0.4 is 5.32 Å². The van der Waals surface area contributed by atoms with Crippen LogP contribution in [0, 0.1) is 0 Å². The average molecular weight is 295 g/mol. The molecule has 0 aromatic heterocycles. The largest absolute Gasteiger partial charge is 0.396 e. The lowest BCUT2D eigenvalue weighted by Crippen LogP contribution is -2.53. The highest BCUT2D eigenvalue weighted by Crippen LogP contribution is 2.29. The molecule has 5 nitrogen and oxygen atoms in total. The number of hydrogen-bond acceptors (Lipinski definition) is 3. The van der Waals surface area contributed by atoms with Crippen molar-refractivity contribution in [2.24, 2.45) is 0 Å². The molecular formula is C16H29N3O2. The van der Waals surface area contributed by atoms with E-state index in [0.717, 1.165) is 51.4 Å². The summed E-state index contributed by atoms with van der Waals surface area (Å²) < 4.78 is 0. The van der Waals surface area contributed by atoms with Crippen LogP contribution in [0.5, 0.6) is 0 Å². The third-order valence-corrected chi connectivity index (χ3v) is 5.27. The van der Waals surface area contributed by atoms with Crippen LogP contribution in [0.4, 0.5) is 4.79 Å². The number of amides is 2. The highest BCUT2D eigenvalue weighted by Gasteiger charge is 2.33. The quantitative estimate of drug-likeness (QED) is 0.827. The van der Waals surface area contributed by atoms with Gasteiger partial charge in [-0.2, -0.15) is 0 Å². The van der Waals surface area contributed by atoms with Gasteiger partial charge < -0.3 is 20.2 Å². The van der Waals surface area contributed by atoms with Gasteiger partial charge in [-0.25, -0.2) is 4.79 Å². The Balaban J connectivity index is 1.46. The molecule has 0 radical (unpaired) electrons. The molecule has 0 aromatic carbocycles. The van der Waals surface area contributed by atoms with Crippen molar-refractivity contribution in [1.29, 1.82) is 0 Å². The van der Waals surface area contributed by atoms with Gasteiger partial charge >= 0.3 is 6.03 Å². The summed E-state index contributed by atoms with van der Waals surface area (Å²) in [5.41, 5.74) is 0. The Bertz CT molecular complexity index is 349. The van der Waals surface area contributed by atoms with Gasteiger partial charge in [0.05, 0.1) is 0 Å². The van der Waals surface area contributed by atoms with Crippen molar-refractivity contribution < 1.29 is 9.90 Å². The van der Waals surface area contributed by atoms with Gasteiger partial charge in [0.25, 0.3) is 0 Å². The van der Waals surface area contributed by atoms with E-state index in [2.05, 4.69) is 10.2 Å². The molecule has 0 spiro atoms. The maximum absolute atomic E-state index is 12.5. The van der Waals surface area contributed by atoms with E-state index in [0.29, 0.717) is 12.5 Å². The molecule has 3 fully saturated rings. The first kappa shape index (κ1) is 15.1. The summed E-state index contributed by atoms with van der Waals surface area (Å²) in [6.45, 7) is 3.29. The van der Waals surface area contributed by atoms with Crippen molar-refractivity contribution >= 4 is 6.03 Å². The maximum atomic E-state index is 12.5. The number of urea groups is 1. The van der Waals surface area contributed by atoms with Gasteiger partial charge in [-0.15, -0.1) is 0 Å². The summed E-state index contributed by atoms with van der Waals surface area (Å²) in [6.07, 6.45) is 8.92. The Labute approximate surface area is 127 Å². The lowest BCUT2D eigenvalue weighted by atomic mass is 10.00. The van der Waals surface area contributed by atoms with E-state index >= 15 is 0 Å². The van der Waals surface area contributed by atoms with Gasteiger partial charge in [-0.3, -0.25) is 0 Å². The van der Waals surface area contributed by atoms with Crippen molar-refractivity contribution in [2.75, 3.05) is 26.2 Å². The number of likely N-dealkylation sites (tertiary alicyclic amines) is 2. The zero-order valence-corrected chi connectivity index (χ0v) is 13.0. The van der Waals surface area contributed by atoms with Crippen molar-refractivity contribution in [1.82, 2.24) is 15.1 Å². The van der Waals surface area contributed by atoms with Crippen LogP contribution in [0.2, 0.25) is 0 Å². The zero-order valence-electron chi connectivity index (χ0n) is 13.0. The molecule has 5 heteroatoms. The molecule has 120 valence electrons. The monoisotopic (exact) mass is 295 g/mol. The number of carbonyl (C=O) groups excluding carboxylic acids is 1. The van der Waals surface area contributed by atoms with E-state index in [9.17, 15) is 4.79 Å². The van der Waals surface area contributed by atoms with E-state index < -0.39 is 0 Å². The van der Waals surface area contributed by atoms with Crippen molar-refractivity contribution in [3.63, 3.8) is 0 Å². The van der Waals surface area contributed by atoms with Crippen LogP contribution in [0.25, 0.3) is 0 Å². The SMILES string of the molecule is O=C(NC1CCN(C2CC2)CC1)N1CCCCC1CCO. The predicted molar refractivity (Wildman–Crippen MR) is 82.2 cm³/mol.